The fraction of sp³-hybridized carbons (Fsp3) is 0.0769. The number of hydrogen-bond acceptors (Lipinski definition) is 6. The molecule has 0 aliphatic heterocycles. The van der Waals surface area contributed by atoms with E-state index in [2.05, 4.69) is 20.9 Å². The lowest BCUT2D eigenvalue weighted by atomic mass is 10.1. The minimum atomic E-state index is -1.09. The zero-order valence-corrected chi connectivity index (χ0v) is 13.2. The number of rotatable bonds is 4. The number of phenols is 1. The second kappa shape index (κ2) is 6.48. The van der Waals surface area contributed by atoms with E-state index in [1.165, 1.54) is 31.4 Å². The van der Waals surface area contributed by atoms with Crippen LogP contribution < -0.4 is 16.0 Å². The van der Waals surface area contributed by atoms with Gasteiger partial charge in [0.15, 0.2) is 11.5 Å². The number of halogens is 1. The molecule has 0 radical (unpaired) electrons. The van der Waals surface area contributed by atoms with E-state index in [9.17, 15) is 24.8 Å². The van der Waals surface area contributed by atoms with Gasteiger partial charge in [-0.1, -0.05) is 6.08 Å². The van der Waals surface area contributed by atoms with E-state index >= 15 is 0 Å². The van der Waals surface area contributed by atoms with Crippen LogP contribution >= 0.6 is 15.9 Å². The van der Waals surface area contributed by atoms with Crippen molar-refractivity contribution in [3.63, 3.8) is 0 Å². The van der Waals surface area contributed by atoms with Crippen LogP contribution in [0.1, 0.15) is 11.3 Å². The minimum Gasteiger partial charge on any atom is -0.503 e. The molecule has 0 spiro atoms. The Kier molecular flexibility index (Phi) is 4.65. The molecule has 0 fully saturated rings. The van der Waals surface area contributed by atoms with Crippen LogP contribution in [0.5, 0.6) is 11.5 Å². The Morgan fingerprint density at radius 3 is 2.61 bits per heavy atom. The summed E-state index contributed by atoms with van der Waals surface area (Å²) >= 11 is 3.14. The molecule has 0 atom stereocenters. The Morgan fingerprint density at radius 1 is 1.30 bits per heavy atom. The van der Waals surface area contributed by atoms with Gasteiger partial charge in [-0.25, -0.2) is 4.79 Å². The summed E-state index contributed by atoms with van der Waals surface area (Å²) in [6.45, 7) is 0. The van der Waals surface area contributed by atoms with Crippen molar-refractivity contribution in [2.75, 3.05) is 7.11 Å². The lowest BCUT2D eigenvalue weighted by Crippen LogP contribution is -2.25. The van der Waals surface area contributed by atoms with Crippen molar-refractivity contribution in [2.24, 2.45) is 0 Å². The first-order valence-corrected chi connectivity index (χ1v) is 6.88. The van der Waals surface area contributed by atoms with Gasteiger partial charge in [0, 0.05) is 0 Å². The number of nitrogens with one attached hydrogen (secondary N) is 2. The highest BCUT2D eigenvalue weighted by Gasteiger charge is 2.18. The van der Waals surface area contributed by atoms with Gasteiger partial charge in [0.2, 0.25) is 0 Å². The first-order chi connectivity index (χ1) is 10.8. The molecule has 1 heterocycles. The van der Waals surface area contributed by atoms with E-state index in [0.717, 1.165) is 0 Å². The summed E-state index contributed by atoms with van der Waals surface area (Å²) in [5.41, 5.74) is -2.45. The van der Waals surface area contributed by atoms with Crippen LogP contribution in [0, 0.1) is 10.1 Å². The quantitative estimate of drug-likeness (QED) is 0.541. The van der Waals surface area contributed by atoms with Crippen molar-refractivity contribution >= 4 is 33.8 Å². The number of ether oxygens (including phenoxy) is 1. The Bertz CT molecular complexity index is 915. The van der Waals surface area contributed by atoms with E-state index in [4.69, 9.17) is 4.74 Å². The number of nitrogens with zero attached hydrogens (tertiary/aromatic N) is 1. The summed E-state index contributed by atoms with van der Waals surface area (Å²) in [6.07, 6.45) is 2.64. The average molecular weight is 384 g/mol. The molecule has 0 unspecified atom stereocenters. The van der Waals surface area contributed by atoms with Crippen LogP contribution in [0.4, 0.5) is 5.69 Å². The van der Waals surface area contributed by atoms with Crippen molar-refractivity contribution in [3.05, 3.63) is 58.8 Å². The van der Waals surface area contributed by atoms with Crippen LogP contribution in [-0.2, 0) is 0 Å². The normalized spacial score (nSPS) is 10.9. The predicted octanol–water partition coefficient (Wildman–Crippen LogP) is 1.62. The Labute approximate surface area is 136 Å². The highest BCUT2D eigenvalue weighted by molar-refractivity contribution is 9.10. The maximum absolute atomic E-state index is 11.5. The molecule has 0 aliphatic rings. The summed E-state index contributed by atoms with van der Waals surface area (Å²) in [5.74, 6) is 0.0909. The Balaban J connectivity index is 2.53. The first kappa shape index (κ1) is 16.5. The van der Waals surface area contributed by atoms with Crippen LogP contribution in [-0.4, -0.2) is 27.1 Å². The lowest BCUT2D eigenvalue weighted by molar-refractivity contribution is -0.386. The highest BCUT2D eigenvalue weighted by atomic mass is 79.9. The van der Waals surface area contributed by atoms with E-state index in [1.807, 2.05) is 0 Å². The smallest absolute Gasteiger partial charge is 0.357 e. The summed E-state index contributed by atoms with van der Waals surface area (Å²) in [7, 11) is 1.37. The Morgan fingerprint density at radius 2 is 2.00 bits per heavy atom. The van der Waals surface area contributed by atoms with Gasteiger partial charge in [-0.15, -0.1) is 0 Å². The molecule has 3 N–H and O–H groups in total. The van der Waals surface area contributed by atoms with E-state index < -0.39 is 21.9 Å². The molecular formula is C13H10BrN3O6. The number of aromatic nitrogens is 2. The molecule has 2 aromatic rings. The van der Waals surface area contributed by atoms with Crippen molar-refractivity contribution < 1.29 is 14.8 Å². The molecular weight excluding hydrogens is 374 g/mol. The third-order valence-corrected chi connectivity index (χ3v) is 3.45. The maximum atomic E-state index is 11.5. The van der Waals surface area contributed by atoms with E-state index in [-0.39, 0.29) is 17.2 Å². The summed E-state index contributed by atoms with van der Waals surface area (Å²) < 4.78 is 5.34. The SMILES string of the molecule is COc1cc(/C=C\c2[nH]c(=O)[nH]c(=O)c2[N+](=O)[O-])cc(Br)c1O. The van der Waals surface area contributed by atoms with Gasteiger partial charge in [-0.05, 0) is 39.7 Å². The summed E-state index contributed by atoms with van der Waals surface area (Å²) in [4.78, 5) is 36.8. The summed E-state index contributed by atoms with van der Waals surface area (Å²) in [5, 5.41) is 20.7. The average Bonchev–Trinajstić information content (AvgIpc) is 2.47. The highest BCUT2D eigenvalue weighted by Crippen LogP contribution is 2.35. The van der Waals surface area contributed by atoms with Gasteiger partial charge in [0.05, 0.1) is 16.5 Å². The lowest BCUT2D eigenvalue weighted by Gasteiger charge is -2.06. The number of aromatic hydroxyl groups is 1. The standard InChI is InChI=1S/C13H10BrN3O6/c1-23-9-5-6(4-7(14)11(9)18)2-3-8-10(17(21)22)12(19)16-13(20)15-8/h2-5,18H,1H3,(H2,15,16,19,20)/b3-2-. The molecule has 2 rings (SSSR count). The van der Waals surface area contributed by atoms with Crippen molar-refractivity contribution in [1.82, 2.24) is 9.97 Å². The molecule has 1 aromatic carbocycles. The molecule has 0 saturated carbocycles. The van der Waals surface area contributed by atoms with Gasteiger partial charge in [0.25, 0.3) is 0 Å². The van der Waals surface area contributed by atoms with Gasteiger partial charge in [-0.2, -0.15) is 0 Å². The van der Waals surface area contributed by atoms with Gasteiger partial charge >= 0.3 is 16.9 Å². The molecule has 0 bridgehead atoms. The molecule has 0 amide bonds. The van der Waals surface area contributed by atoms with E-state index in [1.54, 1.807) is 4.98 Å². The van der Waals surface area contributed by atoms with Crippen LogP contribution in [0.15, 0.2) is 26.2 Å². The largest absolute Gasteiger partial charge is 0.503 e. The molecule has 9 nitrogen and oxygen atoms in total. The predicted molar refractivity (Wildman–Crippen MR) is 85.6 cm³/mol. The molecule has 1 aromatic heterocycles. The maximum Gasteiger partial charge on any atom is 0.357 e. The van der Waals surface area contributed by atoms with Crippen LogP contribution in [0.3, 0.4) is 0 Å². The zero-order valence-electron chi connectivity index (χ0n) is 11.6. The van der Waals surface area contributed by atoms with Crippen molar-refractivity contribution in [2.45, 2.75) is 0 Å². The topological polar surface area (TPSA) is 138 Å². The van der Waals surface area contributed by atoms with Gasteiger partial charge in [-0.3, -0.25) is 19.9 Å². The van der Waals surface area contributed by atoms with Gasteiger partial charge in [0.1, 0.15) is 5.69 Å². The summed E-state index contributed by atoms with van der Waals surface area (Å²) in [6, 6.07) is 3.01. The fourth-order valence-corrected chi connectivity index (χ4v) is 2.28. The van der Waals surface area contributed by atoms with Crippen molar-refractivity contribution in [3.8, 4) is 11.5 Å². The molecule has 0 aliphatic carbocycles. The van der Waals surface area contributed by atoms with Crippen molar-refractivity contribution in [1.29, 1.82) is 0 Å². The number of hydrogen-bond donors (Lipinski definition) is 3. The molecule has 0 saturated heterocycles. The second-order valence-corrected chi connectivity index (χ2v) is 5.17. The number of aromatic amines is 2. The number of H-pyrrole nitrogens is 2. The number of benzene rings is 1. The van der Waals surface area contributed by atoms with E-state index in [0.29, 0.717) is 10.0 Å². The minimum absolute atomic E-state index is 0.0970. The molecule has 120 valence electrons. The van der Waals surface area contributed by atoms with Crippen LogP contribution in [0.25, 0.3) is 12.2 Å². The monoisotopic (exact) mass is 383 g/mol. The fourth-order valence-electron chi connectivity index (χ4n) is 1.82. The second-order valence-electron chi connectivity index (χ2n) is 4.31. The number of methoxy groups -OCH3 is 1. The van der Waals surface area contributed by atoms with Gasteiger partial charge < -0.3 is 14.8 Å². The Hall–Kier alpha value is -2.88. The zero-order chi connectivity index (χ0) is 17.1. The first-order valence-electron chi connectivity index (χ1n) is 6.09. The number of phenolic OH excluding ortho intramolecular Hbond substituents is 1. The third-order valence-electron chi connectivity index (χ3n) is 2.84. The molecule has 23 heavy (non-hydrogen) atoms. The number of nitro groups is 1. The third kappa shape index (κ3) is 3.48. The molecule has 10 heteroatoms. The van der Waals surface area contributed by atoms with Crippen LogP contribution in [0.2, 0.25) is 0 Å².